The predicted octanol–water partition coefficient (Wildman–Crippen LogP) is 5.95. The molecule has 0 saturated heterocycles. The zero-order valence-electron chi connectivity index (χ0n) is 14.6. The van der Waals surface area contributed by atoms with Gasteiger partial charge in [0.15, 0.2) is 0 Å². The van der Waals surface area contributed by atoms with Gasteiger partial charge in [-0.2, -0.15) is 0 Å². The normalized spacial score (nSPS) is 12.3. The van der Waals surface area contributed by atoms with Crippen LogP contribution in [0, 0.1) is 13.8 Å². The van der Waals surface area contributed by atoms with Crippen molar-refractivity contribution in [1.29, 1.82) is 0 Å². The van der Waals surface area contributed by atoms with Crippen molar-refractivity contribution in [1.82, 2.24) is 10.3 Å². The molecule has 0 fully saturated rings. The van der Waals surface area contributed by atoms with Crippen LogP contribution in [0.2, 0.25) is 0 Å². The van der Waals surface area contributed by atoms with Gasteiger partial charge in [0, 0.05) is 6.20 Å². The number of pyridine rings is 1. The molecular weight excluding hydrogens is 396 g/mol. The van der Waals surface area contributed by atoms with E-state index in [9.17, 15) is 4.79 Å². The number of rotatable bonds is 5. The highest BCUT2D eigenvalue weighted by Crippen LogP contribution is 2.36. The number of aromatic nitrogens is 1. The summed E-state index contributed by atoms with van der Waals surface area (Å²) in [5.74, 6) is -0.0454. The van der Waals surface area contributed by atoms with E-state index in [0.717, 1.165) is 33.1 Å². The van der Waals surface area contributed by atoms with Crippen molar-refractivity contribution in [2.75, 3.05) is 0 Å². The summed E-state index contributed by atoms with van der Waals surface area (Å²) in [5.41, 5.74) is 4.38. The lowest BCUT2D eigenvalue weighted by Crippen LogP contribution is -2.28. The lowest BCUT2D eigenvalue weighted by molar-refractivity contribution is 0.0938. The van der Waals surface area contributed by atoms with Gasteiger partial charge in [0.2, 0.25) is 0 Å². The van der Waals surface area contributed by atoms with Gasteiger partial charge in [0.25, 0.3) is 5.91 Å². The van der Waals surface area contributed by atoms with Gasteiger partial charge in [-0.25, -0.2) is 0 Å². The number of amides is 1. The van der Waals surface area contributed by atoms with E-state index >= 15 is 0 Å². The molecule has 2 aromatic heterocycles. The molecule has 25 heavy (non-hydrogen) atoms. The molecule has 0 spiro atoms. The second-order valence-corrected chi connectivity index (χ2v) is 8.04. The molecule has 1 atom stereocenters. The van der Waals surface area contributed by atoms with E-state index in [-0.39, 0.29) is 11.9 Å². The first kappa shape index (κ1) is 18.1. The topological polar surface area (TPSA) is 42.0 Å². The first-order chi connectivity index (χ1) is 12.0. The quantitative estimate of drug-likeness (QED) is 0.558. The van der Waals surface area contributed by atoms with Gasteiger partial charge in [0.05, 0.1) is 20.7 Å². The Morgan fingerprint density at radius 2 is 2.00 bits per heavy atom. The van der Waals surface area contributed by atoms with Crippen molar-refractivity contribution in [2.45, 2.75) is 39.7 Å². The highest BCUT2D eigenvalue weighted by Gasteiger charge is 2.22. The van der Waals surface area contributed by atoms with Gasteiger partial charge >= 0.3 is 0 Å². The SMILES string of the molecule is CCCC(NC(=O)c1sc2c(C)ccnc2c1Br)c1ccccc1C. The molecule has 0 aliphatic heterocycles. The predicted molar refractivity (Wildman–Crippen MR) is 108 cm³/mol. The molecule has 3 aromatic rings. The summed E-state index contributed by atoms with van der Waals surface area (Å²) in [7, 11) is 0. The Hall–Kier alpha value is -1.72. The van der Waals surface area contributed by atoms with Gasteiger partial charge in [-0.3, -0.25) is 9.78 Å². The maximum atomic E-state index is 13.0. The van der Waals surface area contributed by atoms with Crippen LogP contribution in [-0.4, -0.2) is 10.9 Å². The fraction of sp³-hybridized carbons (Fsp3) is 0.300. The van der Waals surface area contributed by atoms with Gasteiger partial charge in [0.1, 0.15) is 4.88 Å². The van der Waals surface area contributed by atoms with Crippen LogP contribution >= 0.6 is 27.3 Å². The zero-order chi connectivity index (χ0) is 18.0. The van der Waals surface area contributed by atoms with Gasteiger partial charge in [-0.1, -0.05) is 37.6 Å². The third-order valence-corrected chi connectivity index (χ3v) is 6.71. The Morgan fingerprint density at radius 3 is 2.68 bits per heavy atom. The molecule has 0 aliphatic rings. The summed E-state index contributed by atoms with van der Waals surface area (Å²) in [4.78, 5) is 18.1. The molecular formula is C20H21BrN2OS. The highest BCUT2D eigenvalue weighted by atomic mass is 79.9. The van der Waals surface area contributed by atoms with Crippen molar-refractivity contribution >= 4 is 43.4 Å². The minimum absolute atomic E-state index is 0.0184. The average Bonchev–Trinajstić information content (AvgIpc) is 2.94. The molecule has 1 amide bonds. The minimum atomic E-state index is -0.0454. The number of fused-ring (bicyclic) bond motifs is 1. The van der Waals surface area contributed by atoms with Crippen molar-refractivity contribution in [3.8, 4) is 0 Å². The third kappa shape index (κ3) is 3.62. The van der Waals surface area contributed by atoms with Crippen LogP contribution in [0.1, 0.15) is 52.2 Å². The summed E-state index contributed by atoms with van der Waals surface area (Å²) in [6.07, 6.45) is 3.70. The van der Waals surface area contributed by atoms with Crippen LogP contribution in [0.15, 0.2) is 41.0 Å². The number of carbonyl (C=O) groups is 1. The Balaban J connectivity index is 1.93. The van der Waals surface area contributed by atoms with E-state index in [4.69, 9.17) is 0 Å². The van der Waals surface area contributed by atoms with E-state index in [0.29, 0.717) is 4.88 Å². The molecule has 0 aliphatic carbocycles. The Labute approximate surface area is 160 Å². The van der Waals surface area contributed by atoms with Crippen molar-refractivity contribution in [2.24, 2.45) is 0 Å². The smallest absolute Gasteiger partial charge is 0.263 e. The molecule has 5 heteroatoms. The zero-order valence-corrected chi connectivity index (χ0v) is 17.0. The van der Waals surface area contributed by atoms with Crippen LogP contribution < -0.4 is 5.32 Å². The summed E-state index contributed by atoms with van der Waals surface area (Å²) < 4.78 is 1.84. The van der Waals surface area contributed by atoms with Crippen LogP contribution in [0.5, 0.6) is 0 Å². The largest absolute Gasteiger partial charge is 0.344 e. The number of nitrogens with zero attached hydrogens (tertiary/aromatic N) is 1. The van der Waals surface area contributed by atoms with Crippen molar-refractivity contribution < 1.29 is 4.79 Å². The lowest BCUT2D eigenvalue weighted by Gasteiger charge is -2.20. The summed E-state index contributed by atoms with van der Waals surface area (Å²) in [6.45, 7) is 6.27. The van der Waals surface area contributed by atoms with E-state index < -0.39 is 0 Å². The van der Waals surface area contributed by atoms with Crippen LogP contribution in [0.3, 0.4) is 0 Å². The number of thiophene rings is 1. The number of hydrogen-bond donors (Lipinski definition) is 1. The van der Waals surface area contributed by atoms with Crippen LogP contribution in [-0.2, 0) is 0 Å². The maximum Gasteiger partial charge on any atom is 0.263 e. The molecule has 1 unspecified atom stereocenters. The molecule has 3 rings (SSSR count). The summed E-state index contributed by atoms with van der Waals surface area (Å²) in [6, 6.07) is 10.2. The molecule has 1 N–H and O–H groups in total. The number of aryl methyl sites for hydroxylation is 2. The van der Waals surface area contributed by atoms with Crippen LogP contribution in [0.25, 0.3) is 10.2 Å². The molecule has 0 saturated carbocycles. The minimum Gasteiger partial charge on any atom is -0.344 e. The van der Waals surface area contributed by atoms with Crippen LogP contribution in [0.4, 0.5) is 0 Å². The lowest BCUT2D eigenvalue weighted by atomic mass is 9.97. The number of carbonyl (C=O) groups excluding carboxylic acids is 1. The van der Waals surface area contributed by atoms with Crippen molar-refractivity contribution in [3.63, 3.8) is 0 Å². The number of nitrogens with one attached hydrogen (secondary N) is 1. The second-order valence-electron chi connectivity index (χ2n) is 6.22. The summed E-state index contributed by atoms with van der Waals surface area (Å²) >= 11 is 5.07. The Morgan fingerprint density at radius 1 is 1.24 bits per heavy atom. The van der Waals surface area contributed by atoms with Gasteiger partial charge in [-0.15, -0.1) is 11.3 Å². The molecule has 3 nitrogen and oxygen atoms in total. The molecule has 1 aromatic carbocycles. The molecule has 0 radical (unpaired) electrons. The number of hydrogen-bond acceptors (Lipinski definition) is 3. The van der Waals surface area contributed by atoms with Gasteiger partial charge < -0.3 is 5.32 Å². The Bertz CT molecular complexity index is 919. The molecule has 0 bridgehead atoms. The van der Waals surface area contributed by atoms with E-state index in [2.05, 4.69) is 52.2 Å². The standard InChI is InChI=1S/C20H21BrN2OS/c1-4-7-15(14-9-6-5-8-12(14)2)23-20(24)19-16(21)17-18(25-19)13(3)10-11-22-17/h5-6,8-11,15H,4,7H2,1-3H3,(H,23,24). The van der Waals surface area contributed by atoms with E-state index in [1.54, 1.807) is 6.20 Å². The summed E-state index contributed by atoms with van der Waals surface area (Å²) in [5, 5.41) is 3.23. The monoisotopic (exact) mass is 416 g/mol. The number of halogens is 1. The fourth-order valence-electron chi connectivity index (χ4n) is 3.03. The second kappa shape index (κ2) is 7.67. The van der Waals surface area contributed by atoms with E-state index in [1.807, 2.05) is 25.1 Å². The molecule has 130 valence electrons. The van der Waals surface area contributed by atoms with Crippen molar-refractivity contribution in [3.05, 3.63) is 62.6 Å². The molecule has 2 heterocycles. The maximum absolute atomic E-state index is 13.0. The number of benzene rings is 1. The first-order valence-electron chi connectivity index (χ1n) is 8.43. The average molecular weight is 417 g/mol. The van der Waals surface area contributed by atoms with E-state index in [1.165, 1.54) is 22.5 Å². The van der Waals surface area contributed by atoms with Gasteiger partial charge in [-0.05, 0) is 59.0 Å². The first-order valence-corrected chi connectivity index (χ1v) is 10.0. The Kier molecular flexibility index (Phi) is 5.54. The third-order valence-electron chi connectivity index (χ3n) is 4.37. The highest BCUT2D eigenvalue weighted by molar-refractivity contribution is 9.10. The fourth-order valence-corrected chi connectivity index (χ4v) is 4.90.